The molecule has 2 unspecified atom stereocenters. The number of nitrogens with one attached hydrogen (secondary N) is 1. The first-order chi connectivity index (χ1) is 16.8. The van der Waals surface area contributed by atoms with Gasteiger partial charge in [-0.25, -0.2) is 4.79 Å². The predicted molar refractivity (Wildman–Crippen MR) is 130 cm³/mol. The molecule has 4 atom stereocenters. The van der Waals surface area contributed by atoms with Crippen molar-refractivity contribution in [2.24, 2.45) is 11.8 Å². The van der Waals surface area contributed by atoms with Crippen molar-refractivity contribution in [1.82, 2.24) is 10.2 Å². The van der Waals surface area contributed by atoms with Gasteiger partial charge in [0.05, 0.1) is 12.0 Å². The van der Waals surface area contributed by atoms with Gasteiger partial charge in [-0.05, 0) is 41.5 Å². The minimum Gasteiger partial charge on any atom is -0.481 e. The Labute approximate surface area is 205 Å². The van der Waals surface area contributed by atoms with Crippen LogP contribution in [0.1, 0.15) is 37.3 Å². The molecule has 0 spiro atoms. The first-order valence-corrected chi connectivity index (χ1v) is 12.0. The van der Waals surface area contributed by atoms with Crippen molar-refractivity contribution in [1.29, 1.82) is 0 Å². The summed E-state index contributed by atoms with van der Waals surface area (Å²) in [5.41, 5.74) is 4.46. The Kier molecular flexibility index (Phi) is 7.40. The smallest absolute Gasteiger partial charge is 0.407 e. The fraction of sp³-hybridized carbons (Fsp3) is 0.444. The van der Waals surface area contributed by atoms with Gasteiger partial charge in [0.1, 0.15) is 12.6 Å². The zero-order chi connectivity index (χ0) is 25.1. The van der Waals surface area contributed by atoms with E-state index in [1.54, 1.807) is 6.92 Å². The van der Waals surface area contributed by atoms with Crippen LogP contribution in [0.25, 0.3) is 11.1 Å². The Morgan fingerprint density at radius 3 is 2.26 bits per heavy atom. The van der Waals surface area contributed by atoms with Crippen LogP contribution in [0, 0.1) is 11.8 Å². The minimum absolute atomic E-state index is 0.0232. The first-order valence-electron chi connectivity index (χ1n) is 12.0. The molecule has 0 aromatic heterocycles. The van der Waals surface area contributed by atoms with Crippen molar-refractivity contribution < 1.29 is 29.0 Å². The molecule has 1 heterocycles. The topological polar surface area (TPSA) is 105 Å². The van der Waals surface area contributed by atoms with Crippen LogP contribution in [-0.2, 0) is 19.1 Å². The number of rotatable bonds is 7. The van der Waals surface area contributed by atoms with Crippen LogP contribution in [0.3, 0.4) is 0 Å². The van der Waals surface area contributed by atoms with Gasteiger partial charge >= 0.3 is 12.1 Å². The molecule has 1 aliphatic carbocycles. The van der Waals surface area contributed by atoms with Crippen LogP contribution < -0.4 is 5.32 Å². The van der Waals surface area contributed by atoms with Crippen molar-refractivity contribution >= 4 is 18.0 Å². The van der Waals surface area contributed by atoms with Crippen molar-refractivity contribution in [3.05, 3.63) is 59.7 Å². The van der Waals surface area contributed by atoms with Crippen LogP contribution in [-0.4, -0.2) is 66.9 Å². The SMILES string of the molecule is CO[C@H](C)[C@H](NC(=O)OCC1c2ccccc2-c2ccccc21)C(=O)N1CCC(C)C(C(=O)O)C1. The normalized spacial score (nSPS) is 20.9. The number of amides is 2. The number of carboxylic acid groups (broad SMARTS) is 1. The number of fused-ring (bicyclic) bond motifs is 3. The van der Waals surface area contributed by atoms with Gasteiger partial charge in [0.2, 0.25) is 5.91 Å². The van der Waals surface area contributed by atoms with E-state index in [0.29, 0.717) is 13.0 Å². The Morgan fingerprint density at radius 1 is 1.09 bits per heavy atom. The number of likely N-dealkylation sites (tertiary alicyclic amines) is 1. The van der Waals surface area contributed by atoms with E-state index in [-0.39, 0.29) is 30.9 Å². The number of benzene rings is 2. The molecule has 1 aliphatic heterocycles. The van der Waals surface area contributed by atoms with E-state index in [1.807, 2.05) is 43.3 Å². The lowest BCUT2D eigenvalue weighted by Gasteiger charge is -2.37. The van der Waals surface area contributed by atoms with Gasteiger partial charge in [0.25, 0.3) is 0 Å². The highest BCUT2D eigenvalue weighted by Crippen LogP contribution is 2.44. The molecule has 2 amide bonds. The molecule has 186 valence electrons. The van der Waals surface area contributed by atoms with Gasteiger partial charge in [-0.3, -0.25) is 9.59 Å². The summed E-state index contributed by atoms with van der Waals surface area (Å²) < 4.78 is 11.0. The maximum absolute atomic E-state index is 13.3. The van der Waals surface area contributed by atoms with Crippen molar-refractivity contribution in [3.8, 4) is 11.1 Å². The number of alkyl carbamates (subject to hydrolysis) is 1. The van der Waals surface area contributed by atoms with E-state index < -0.39 is 30.1 Å². The molecule has 8 nitrogen and oxygen atoms in total. The van der Waals surface area contributed by atoms with E-state index in [9.17, 15) is 19.5 Å². The minimum atomic E-state index is -0.987. The van der Waals surface area contributed by atoms with Crippen molar-refractivity contribution in [3.63, 3.8) is 0 Å². The lowest BCUT2D eigenvalue weighted by molar-refractivity contribution is -0.149. The highest BCUT2D eigenvalue weighted by molar-refractivity contribution is 5.87. The molecule has 0 bridgehead atoms. The summed E-state index contributed by atoms with van der Waals surface area (Å²) in [5, 5.41) is 12.2. The number of carboxylic acids is 1. The summed E-state index contributed by atoms with van der Waals surface area (Å²) in [7, 11) is 1.46. The number of carbonyl (C=O) groups is 3. The summed E-state index contributed by atoms with van der Waals surface area (Å²) in [5.74, 6) is -2.05. The second kappa shape index (κ2) is 10.5. The number of carbonyl (C=O) groups excluding carboxylic acids is 2. The lowest BCUT2D eigenvalue weighted by Crippen LogP contribution is -2.57. The van der Waals surface area contributed by atoms with Crippen LogP contribution in [0.15, 0.2) is 48.5 Å². The van der Waals surface area contributed by atoms with E-state index in [4.69, 9.17) is 9.47 Å². The standard InChI is InChI=1S/C27H32N2O6/c1-16-12-13-29(14-22(16)26(31)32)25(30)24(17(2)34-3)28-27(33)35-15-23-20-10-6-4-8-18(20)19-9-5-7-11-21(19)23/h4-11,16-17,22-24H,12-15H2,1-3H3,(H,28,33)(H,31,32)/t16?,17-,22?,24+/m1/s1. The number of nitrogens with zero attached hydrogens (tertiary/aromatic N) is 1. The zero-order valence-corrected chi connectivity index (χ0v) is 20.3. The summed E-state index contributed by atoms with van der Waals surface area (Å²) in [6.45, 7) is 4.24. The summed E-state index contributed by atoms with van der Waals surface area (Å²) >= 11 is 0. The highest BCUT2D eigenvalue weighted by Gasteiger charge is 2.38. The molecular formula is C27H32N2O6. The van der Waals surface area contributed by atoms with Gasteiger partial charge in [-0.1, -0.05) is 55.5 Å². The molecule has 2 aliphatic rings. The van der Waals surface area contributed by atoms with Crippen LogP contribution in [0.2, 0.25) is 0 Å². The first kappa shape index (κ1) is 24.7. The number of ether oxygens (including phenoxy) is 2. The number of hydrogen-bond acceptors (Lipinski definition) is 5. The highest BCUT2D eigenvalue weighted by atomic mass is 16.5. The second-order valence-electron chi connectivity index (χ2n) is 9.38. The van der Waals surface area contributed by atoms with Crippen LogP contribution in [0.4, 0.5) is 4.79 Å². The molecule has 0 saturated carbocycles. The quantitative estimate of drug-likeness (QED) is 0.629. The average Bonchev–Trinajstić information content (AvgIpc) is 3.19. The second-order valence-corrected chi connectivity index (χ2v) is 9.38. The summed E-state index contributed by atoms with van der Waals surface area (Å²) in [6, 6.07) is 15.1. The van der Waals surface area contributed by atoms with E-state index in [2.05, 4.69) is 17.4 Å². The van der Waals surface area contributed by atoms with E-state index >= 15 is 0 Å². The monoisotopic (exact) mass is 480 g/mol. The zero-order valence-electron chi connectivity index (χ0n) is 20.3. The Balaban J connectivity index is 1.43. The molecule has 0 radical (unpaired) electrons. The van der Waals surface area contributed by atoms with Crippen molar-refractivity contribution in [2.75, 3.05) is 26.8 Å². The van der Waals surface area contributed by atoms with Crippen molar-refractivity contribution in [2.45, 2.75) is 38.3 Å². The molecular weight excluding hydrogens is 448 g/mol. The molecule has 4 rings (SSSR count). The Hall–Kier alpha value is -3.39. The Bertz CT molecular complexity index is 1060. The summed E-state index contributed by atoms with van der Waals surface area (Å²) in [4.78, 5) is 39.2. The summed E-state index contributed by atoms with van der Waals surface area (Å²) in [6.07, 6.45) is -0.748. The number of hydrogen-bond donors (Lipinski definition) is 2. The molecule has 35 heavy (non-hydrogen) atoms. The molecule has 8 heteroatoms. The molecule has 2 N–H and O–H groups in total. The molecule has 2 aromatic rings. The van der Waals surface area contributed by atoms with E-state index in [1.165, 1.54) is 12.0 Å². The van der Waals surface area contributed by atoms with E-state index in [0.717, 1.165) is 22.3 Å². The molecule has 1 fully saturated rings. The fourth-order valence-electron chi connectivity index (χ4n) is 5.07. The van der Waals surface area contributed by atoms with Crippen LogP contribution >= 0.6 is 0 Å². The number of methoxy groups -OCH3 is 1. The Morgan fingerprint density at radius 2 is 1.69 bits per heavy atom. The van der Waals surface area contributed by atoms with Gasteiger partial charge in [-0.15, -0.1) is 0 Å². The maximum atomic E-state index is 13.3. The third-order valence-corrected chi connectivity index (χ3v) is 7.31. The number of piperidine rings is 1. The van der Waals surface area contributed by atoms with Gasteiger partial charge in [0, 0.05) is 26.1 Å². The predicted octanol–water partition coefficient (Wildman–Crippen LogP) is 3.50. The van der Waals surface area contributed by atoms with Crippen LogP contribution in [0.5, 0.6) is 0 Å². The number of aliphatic carboxylic acids is 1. The van der Waals surface area contributed by atoms with Gasteiger partial charge in [0.15, 0.2) is 0 Å². The molecule has 1 saturated heterocycles. The largest absolute Gasteiger partial charge is 0.481 e. The molecule has 2 aromatic carbocycles. The lowest BCUT2D eigenvalue weighted by atomic mass is 9.87. The van der Waals surface area contributed by atoms with Gasteiger partial charge < -0.3 is 24.8 Å². The van der Waals surface area contributed by atoms with Gasteiger partial charge in [-0.2, -0.15) is 0 Å². The maximum Gasteiger partial charge on any atom is 0.407 e. The third-order valence-electron chi connectivity index (χ3n) is 7.31. The third kappa shape index (κ3) is 5.03. The fourth-order valence-corrected chi connectivity index (χ4v) is 5.07. The average molecular weight is 481 g/mol.